The lowest BCUT2D eigenvalue weighted by atomic mass is 10.1. The van der Waals surface area contributed by atoms with E-state index in [-0.39, 0.29) is 5.91 Å². The second-order valence-corrected chi connectivity index (χ2v) is 5.05. The molecule has 3 rings (SSSR count). The van der Waals surface area contributed by atoms with Crippen LogP contribution in [0.4, 0.5) is 5.69 Å². The van der Waals surface area contributed by atoms with Gasteiger partial charge in [0, 0.05) is 22.7 Å². The van der Waals surface area contributed by atoms with Gasteiger partial charge in [0.2, 0.25) is 5.91 Å². The summed E-state index contributed by atoms with van der Waals surface area (Å²) in [7, 11) is 0. The molecule has 0 unspecified atom stereocenters. The normalized spacial score (nSPS) is 14.2. The highest BCUT2D eigenvalue weighted by Gasteiger charge is 2.16. The Hall–Kier alpha value is -1.79. The molecule has 4 N–H and O–H groups in total. The largest absolute Gasteiger partial charge is 0.325 e. The van der Waals surface area contributed by atoms with E-state index in [1.54, 1.807) is 11.8 Å². The molecule has 0 bridgehead atoms. The predicted molar refractivity (Wildman–Crippen MR) is 71.3 cm³/mol. The van der Waals surface area contributed by atoms with Crippen molar-refractivity contribution in [2.75, 3.05) is 11.1 Å². The molecule has 6 heteroatoms. The molecule has 5 nitrogen and oxygen atoms in total. The van der Waals surface area contributed by atoms with Gasteiger partial charge < -0.3 is 11.1 Å². The molecule has 1 aromatic carbocycles. The fraction of sp³-hybridized carbons (Fsp3) is 0.167. The molecule has 0 spiro atoms. The van der Waals surface area contributed by atoms with Crippen molar-refractivity contribution in [3.63, 3.8) is 0 Å². The molecular weight excluding hydrogens is 248 g/mol. The van der Waals surface area contributed by atoms with Gasteiger partial charge in [-0.05, 0) is 18.2 Å². The highest BCUT2D eigenvalue weighted by atomic mass is 32.2. The van der Waals surface area contributed by atoms with E-state index >= 15 is 0 Å². The van der Waals surface area contributed by atoms with Crippen molar-refractivity contribution in [3.05, 3.63) is 30.0 Å². The number of thioether (sulfide) groups is 1. The number of aromatic amines is 1. The van der Waals surface area contributed by atoms with Crippen molar-refractivity contribution in [2.45, 2.75) is 11.4 Å². The molecule has 0 fully saturated rings. The van der Waals surface area contributed by atoms with Crippen molar-refractivity contribution >= 4 is 23.4 Å². The van der Waals surface area contributed by atoms with Gasteiger partial charge in [-0.25, -0.2) is 0 Å². The molecule has 2 heterocycles. The molecule has 18 heavy (non-hydrogen) atoms. The zero-order valence-corrected chi connectivity index (χ0v) is 10.4. The fourth-order valence-corrected chi connectivity index (χ4v) is 2.65. The number of nitrogens with one attached hydrogen (secondary N) is 2. The monoisotopic (exact) mass is 260 g/mol. The van der Waals surface area contributed by atoms with Gasteiger partial charge in [0.05, 0.1) is 17.1 Å². The first kappa shape index (κ1) is 11.3. The molecule has 92 valence electrons. The van der Waals surface area contributed by atoms with Crippen molar-refractivity contribution < 1.29 is 4.79 Å². The summed E-state index contributed by atoms with van der Waals surface area (Å²) in [4.78, 5) is 12.4. The van der Waals surface area contributed by atoms with E-state index in [1.807, 2.05) is 24.3 Å². The quantitative estimate of drug-likeness (QED) is 0.765. The number of H-pyrrole nitrogens is 1. The van der Waals surface area contributed by atoms with Crippen LogP contribution in [0, 0.1) is 0 Å². The Labute approximate surface area is 108 Å². The Balaban J connectivity index is 1.98. The molecule has 2 aromatic rings. The first-order valence-corrected chi connectivity index (χ1v) is 6.56. The number of nitrogens with two attached hydrogens (primary N) is 1. The lowest BCUT2D eigenvalue weighted by molar-refractivity contribution is -0.113. The number of benzene rings is 1. The van der Waals surface area contributed by atoms with Crippen LogP contribution in [0.25, 0.3) is 11.3 Å². The van der Waals surface area contributed by atoms with Crippen LogP contribution in [-0.4, -0.2) is 21.9 Å². The number of rotatable bonds is 2. The number of amides is 1. The van der Waals surface area contributed by atoms with Crippen LogP contribution in [0.5, 0.6) is 0 Å². The van der Waals surface area contributed by atoms with E-state index < -0.39 is 0 Å². The highest BCUT2D eigenvalue weighted by molar-refractivity contribution is 8.00. The van der Waals surface area contributed by atoms with Crippen LogP contribution in [0.15, 0.2) is 29.2 Å². The van der Waals surface area contributed by atoms with Gasteiger partial charge in [0.15, 0.2) is 0 Å². The van der Waals surface area contributed by atoms with Gasteiger partial charge in [0.25, 0.3) is 0 Å². The molecule has 0 saturated heterocycles. The summed E-state index contributed by atoms with van der Waals surface area (Å²) in [5, 5.41) is 9.94. The number of aromatic nitrogens is 2. The molecular formula is C12H12N4OS. The van der Waals surface area contributed by atoms with Gasteiger partial charge >= 0.3 is 0 Å². The number of nitrogens with zero attached hydrogens (tertiary/aromatic N) is 1. The van der Waals surface area contributed by atoms with E-state index in [1.165, 1.54) is 0 Å². The van der Waals surface area contributed by atoms with E-state index in [0.717, 1.165) is 27.5 Å². The van der Waals surface area contributed by atoms with Crippen molar-refractivity contribution in [2.24, 2.45) is 5.73 Å². The van der Waals surface area contributed by atoms with Crippen LogP contribution in [-0.2, 0) is 11.3 Å². The van der Waals surface area contributed by atoms with Crippen molar-refractivity contribution in [3.8, 4) is 11.3 Å². The number of hydrogen-bond acceptors (Lipinski definition) is 4. The maximum absolute atomic E-state index is 11.4. The third-order valence-corrected chi connectivity index (χ3v) is 3.83. The van der Waals surface area contributed by atoms with E-state index in [9.17, 15) is 4.79 Å². The minimum atomic E-state index is 0.0364. The number of hydrogen-bond donors (Lipinski definition) is 3. The Morgan fingerprint density at radius 3 is 3.06 bits per heavy atom. The van der Waals surface area contributed by atoms with Gasteiger partial charge in [-0.1, -0.05) is 6.07 Å². The average Bonchev–Trinajstić information content (AvgIpc) is 2.86. The van der Waals surface area contributed by atoms with Gasteiger partial charge in [-0.3, -0.25) is 9.89 Å². The first-order chi connectivity index (χ1) is 8.76. The van der Waals surface area contributed by atoms with Crippen LogP contribution < -0.4 is 11.1 Å². The number of fused-ring (bicyclic) bond motifs is 1. The Morgan fingerprint density at radius 2 is 2.28 bits per heavy atom. The zero-order chi connectivity index (χ0) is 12.5. The molecule has 1 amide bonds. The van der Waals surface area contributed by atoms with E-state index in [2.05, 4.69) is 15.5 Å². The lowest BCUT2D eigenvalue weighted by Crippen LogP contribution is -2.18. The summed E-state index contributed by atoms with van der Waals surface area (Å²) in [5.74, 6) is 0.515. The predicted octanol–water partition coefficient (Wildman–Crippen LogP) is 1.58. The van der Waals surface area contributed by atoms with E-state index in [0.29, 0.717) is 12.3 Å². The second-order valence-electron chi connectivity index (χ2n) is 4.03. The Kier molecular flexibility index (Phi) is 2.81. The van der Waals surface area contributed by atoms with Crippen LogP contribution in [0.3, 0.4) is 0 Å². The summed E-state index contributed by atoms with van der Waals surface area (Å²) >= 11 is 1.55. The Morgan fingerprint density at radius 1 is 1.39 bits per heavy atom. The number of carbonyl (C=O) groups is 1. The summed E-state index contributed by atoms with van der Waals surface area (Å²) < 4.78 is 0. The van der Waals surface area contributed by atoms with Crippen molar-refractivity contribution in [1.82, 2.24) is 10.2 Å². The topological polar surface area (TPSA) is 83.8 Å². The molecule has 1 aromatic heterocycles. The Bertz CT molecular complexity index is 608. The second kappa shape index (κ2) is 4.47. The smallest absolute Gasteiger partial charge is 0.234 e. The highest BCUT2D eigenvalue weighted by Crippen LogP contribution is 2.34. The van der Waals surface area contributed by atoms with Crippen LogP contribution >= 0.6 is 11.8 Å². The van der Waals surface area contributed by atoms with Gasteiger partial charge in [-0.15, -0.1) is 11.8 Å². The number of anilines is 1. The SMILES string of the molecule is NCc1cc(-c2ccc3c(c2)NC(=O)CS3)n[nH]1. The van der Waals surface area contributed by atoms with E-state index in [4.69, 9.17) is 5.73 Å². The molecule has 0 saturated carbocycles. The third-order valence-electron chi connectivity index (χ3n) is 2.76. The first-order valence-electron chi connectivity index (χ1n) is 5.57. The molecule has 1 aliphatic rings. The summed E-state index contributed by atoms with van der Waals surface area (Å²) in [6, 6.07) is 7.86. The van der Waals surface area contributed by atoms with Crippen LogP contribution in [0.1, 0.15) is 5.69 Å². The molecule has 0 atom stereocenters. The number of carbonyl (C=O) groups excluding carboxylic acids is 1. The molecule has 0 aliphatic carbocycles. The molecule has 1 aliphatic heterocycles. The maximum atomic E-state index is 11.4. The third kappa shape index (κ3) is 2.00. The summed E-state index contributed by atoms with van der Waals surface area (Å²) in [6.07, 6.45) is 0. The van der Waals surface area contributed by atoms with Gasteiger partial charge in [-0.2, -0.15) is 5.10 Å². The fourth-order valence-electron chi connectivity index (χ4n) is 1.86. The van der Waals surface area contributed by atoms with Gasteiger partial charge in [0.1, 0.15) is 0 Å². The minimum Gasteiger partial charge on any atom is -0.325 e. The minimum absolute atomic E-state index is 0.0364. The maximum Gasteiger partial charge on any atom is 0.234 e. The summed E-state index contributed by atoms with van der Waals surface area (Å²) in [6.45, 7) is 0.435. The van der Waals surface area contributed by atoms with Crippen LogP contribution in [0.2, 0.25) is 0 Å². The molecule has 0 radical (unpaired) electrons. The zero-order valence-electron chi connectivity index (χ0n) is 9.56. The average molecular weight is 260 g/mol. The van der Waals surface area contributed by atoms with Crippen molar-refractivity contribution in [1.29, 1.82) is 0 Å². The lowest BCUT2D eigenvalue weighted by Gasteiger charge is -2.16. The standard InChI is InChI=1S/C12H12N4OS/c13-5-8-4-9(16-15-8)7-1-2-11-10(3-7)14-12(17)6-18-11/h1-4H,5-6,13H2,(H,14,17)(H,15,16). The summed E-state index contributed by atoms with van der Waals surface area (Å²) in [5.41, 5.74) is 9.08.